The standard InChI is InChI=1S/2C6H14OS/c2*1-4-5-8(7)6(2)3/h2*6H,4-5H2,1-3H3/t2*8-/m10/s1. The van der Waals surface area contributed by atoms with Crippen molar-refractivity contribution in [3.05, 3.63) is 0 Å². The topological polar surface area (TPSA) is 34.1 Å². The Hall–Kier alpha value is 0.300. The van der Waals surface area contributed by atoms with E-state index < -0.39 is 21.6 Å². The van der Waals surface area contributed by atoms with Crippen LogP contribution in [0.2, 0.25) is 0 Å². The molecule has 0 heterocycles. The summed E-state index contributed by atoms with van der Waals surface area (Å²) >= 11 is 0. The van der Waals surface area contributed by atoms with E-state index in [4.69, 9.17) is 0 Å². The molecule has 0 aliphatic carbocycles. The fraction of sp³-hybridized carbons (Fsp3) is 1.00. The molecule has 0 radical (unpaired) electrons. The molecule has 0 spiro atoms. The highest BCUT2D eigenvalue weighted by Gasteiger charge is 2.01. The molecular weight excluding hydrogens is 240 g/mol. The Balaban J connectivity index is 0. The third-order valence-electron chi connectivity index (χ3n) is 1.86. The van der Waals surface area contributed by atoms with E-state index in [1.165, 1.54) is 0 Å². The molecule has 0 aliphatic rings. The van der Waals surface area contributed by atoms with E-state index in [0.29, 0.717) is 10.5 Å². The van der Waals surface area contributed by atoms with Crippen molar-refractivity contribution in [2.24, 2.45) is 0 Å². The minimum absolute atomic E-state index is 0.343. The van der Waals surface area contributed by atoms with Gasteiger partial charge in [0, 0.05) is 43.6 Å². The molecule has 2 atom stereocenters. The second kappa shape index (κ2) is 11.8. The van der Waals surface area contributed by atoms with Crippen molar-refractivity contribution < 1.29 is 8.42 Å². The van der Waals surface area contributed by atoms with Gasteiger partial charge in [-0.2, -0.15) is 0 Å². The molecular formula is C12H28O2S2. The Morgan fingerprint density at radius 2 is 1.00 bits per heavy atom. The monoisotopic (exact) mass is 268 g/mol. The molecule has 0 aliphatic heterocycles. The number of hydrogen-bond acceptors (Lipinski definition) is 2. The second-order valence-electron chi connectivity index (χ2n) is 4.27. The Bertz CT molecular complexity index is 179. The summed E-state index contributed by atoms with van der Waals surface area (Å²) in [6, 6.07) is 0. The van der Waals surface area contributed by atoms with Crippen LogP contribution in [0.25, 0.3) is 0 Å². The highest BCUT2D eigenvalue weighted by Crippen LogP contribution is 1.95. The minimum Gasteiger partial charge on any atom is -0.259 e. The maximum absolute atomic E-state index is 10.9. The van der Waals surface area contributed by atoms with Gasteiger partial charge in [-0.3, -0.25) is 8.42 Å². The Kier molecular flexibility index (Phi) is 13.7. The zero-order valence-electron chi connectivity index (χ0n) is 11.6. The lowest BCUT2D eigenvalue weighted by Gasteiger charge is -2.00. The summed E-state index contributed by atoms with van der Waals surface area (Å²) in [6.45, 7) is 12.1. The van der Waals surface area contributed by atoms with E-state index in [9.17, 15) is 8.42 Å². The number of rotatable bonds is 6. The van der Waals surface area contributed by atoms with Gasteiger partial charge in [-0.1, -0.05) is 41.5 Å². The van der Waals surface area contributed by atoms with Crippen LogP contribution in [0, 0.1) is 0 Å². The van der Waals surface area contributed by atoms with Crippen molar-refractivity contribution in [1.82, 2.24) is 0 Å². The van der Waals surface area contributed by atoms with Crippen LogP contribution in [0.3, 0.4) is 0 Å². The van der Waals surface area contributed by atoms with E-state index in [1.54, 1.807) is 0 Å². The molecule has 16 heavy (non-hydrogen) atoms. The summed E-state index contributed by atoms with van der Waals surface area (Å²) in [5.74, 6) is 1.72. The quantitative estimate of drug-likeness (QED) is 0.742. The maximum atomic E-state index is 10.9. The van der Waals surface area contributed by atoms with E-state index >= 15 is 0 Å². The first kappa shape index (κ1) is 18.7. The smallest absolute Gasteiger partial charge is 0.0291 e. The normalized spacial score (nSPS) is 14.5. The van der Waals surface area contributed by atoms with Crippen LogP contribution >= 0.6 is 0 Å². The SMILES string of the molecule is CCC[S@@](=O)C(C)C.CCC[S@](=O)C(C)C. The van der Waals surface area contributed by atoms with E-state index in [-0.39, 0.29) is 0 Å². The van der Waals surface area contributed by atoms with Crippen molar-refractivity contribution in [3.8, 4) is 0 Å². The molecule has 0 saturated carbocycles. The van der Waals surface area contributed by atoms with Crippen molar-refractivity contribution in [2.75, 3.05) is 11.5 Å². The van der Waals surface area contributed by atoms with Gasteiger partial charge in [-0.05, 0) is 12.8 Å². The Morgan fingerprint density at radius 3 is 1.06 bits per heavy atom. The van der Waals surface area contributed by atoms with Gasteiger partial charge in [0.15, 0.2) is 0 Å². The van der Waals surface area contributed by atoms with Gasteiger partial charge in [0.05, 0.1) is 0 Å². The van der Waals surface area contributed by atoms with Gasteiger partial charge >= 0.3 is 0 Å². The lowest BCUT2D eigenvalue weighted by Crippen LogP contribution is -2.08. The van der Waals surface area contributed by atoms with Crippen LogP contribution in [0.15, 0.2) is 0 Å². The molecule has 100 valence electrons. The average molecular weight is 268 g/mol. The number of hydrogen-bond donors (Lipinski definition) is 0. The second-order valence-corrected chi connectivity index (χ2v) is 8.49. The van der Waals surface area contributed by atoms with Crippen LogP contribution in [0.1, 0.15) is 54.4 Å². The van der Waals surface area contributed by atoms with Crippen LogP contribution in [-0.2, 0) is 21.6 Å². The summed E-state index contributed by atoms with van der Waals surface area (Å²) in [7, 11) is -1.14. The van der Waals surface area contributed by atoms with Crippen LogP contribution in [0.4, 0.5) is 0 Å². The summed E-state index contributed by atoms with van der Waals surface area (Å²) in [5.41, 5.74) is 0. The molecule has 0 saturated heterocycles. The summed E-state index contributed by atoms with van der Waals surface area (Å²) in [6.07, 6.45) is 2.07. The van der Waals surface area contributed by atoms with Gasteiger partial charge in [0.1, 0.15) is 0 Å². The van der Waals surface area contributed by atoms with Gasteiger partial charge in [0.2, 0.25) is 0 Å². The van der Waals surface area contributed by atoms with Gasteiger partial charge in [-0.15, -0.1) is 0 Å². The van der Waals surface area contributed by atoms with Crippen LogP contribution in [-0.4, -0.2) is 30.4 Å². The van der Waals surface area contributed by atoms with E-state index in [0.717, 1.165) is 24.3 Å². The highest BCUT2D eigenvalue weighted by molar-refractivity contribution is 7.85. The lowest BCUT2D eigenvalue weighted by atomic mass is 10.6. The predicted molar refractivity (Wildman–Crippen MR) is 76.9 cm³/mol. The van der Waals surface area contributed by atoms with Crippen molar-refractivity contribution >= 4 is 21.6 Å². The third-order valence-corrected chi connectivity index (χ3v) is 5.59. The molecule has 0 rings (SSSR count). The molecule has 0 N–H and O–H groups in total. The largest absolute Gasteiger partial charge is 0.259 e. The molecule has 0 bridgehead atoms. The van der Waals surface area contributed by atoms with Crippen LogP contribution in [0.5, 0.6) is 0 Å². The first-order valence-corrected chi connectivity index (χ1v) is 8.87. The summed E-state index contributed by atoms with van der Waals surface area (Å²) in [5, 5.41) is 0.685. The molecule has 0 unspecified atom stereocenters. The fourth-order valence-electron chi connectivity index (χ4n) is 0.874. The maximum Gasteiger partial charge on any atom is 0.0291 e. The van der Waals surface area contributed by atoms with Crippen molar-refractivity contribution in [3.63, 3.8) is 0 Å². The van der Waals surface area contributed by atoms with Gasteiger partial charge < -0.3 is 0 Å². The molecule has 0 amide bonds. The Morgan fingerprint density at radius 1 is 0.750 bits per heavy atom. The van der Waals surface area contributed by atoms with Gasteiger partial charge in [0.25, 0.3) is 0 Å². The molecule has 0 aromatic heterocycles. The third kappa shape index (κ3) is 12.4. The van der Waals surface area contributed by atoms with Crippen molar-refractivity contribution in [2.45, 2.75) is 64.9 Å². The lowest BCUT2D eigenvalue weighted by molar-refractivity contribution is 0.674. The zero-order valence-corrected chi connectivity index (χ0v) is 13.2. The first-order valence-electron chi connectivity index (χ1n) is 6.11. The Labute approximate surface area is 107 Å². The van der Waals surface area contributed by atoms with Gasteiger partial charge in [-0.25, -0.2) is 0 Å². The molecule has 2 nitrogen and oxygen atoms in total. The van der Waals surface area contributed by atoms with Crippen LogP contribution < -0.4 is 0 Å². The molecule has 4 heteroatoms. The minimum atomic E-state index is -0.572. The molecule has 0 aromatic rings. The van der Waals surface area contributed by atoms with E-state index in [2.05, 4.69) is 13.8 Å². The average Bonchev–Trinajstić information content (AvgIpc) is 2.19. The molecule has 0 fully saturated rings. The highest BCUT2D eigenvalue weighted by atomic mass is 32.2. The fourth-order valence-corrected chi connectivity index (χ4v) is 2.62. The van der Waals surface area contributed by atoms with Crippen molar-refractivity contribution in [1.29, 1.82) is 0 Å². The zero-order chi connectivity index (χ0) is 13.1. The predicted octanol–water partition coefficient (Wildman–Crippen LogP) is 3.11. The summed E-state index contributed by atoms with van der Waals surface area (Å²) in [4.78, 5) is 0. The van der Waals surface area contributed by atoms with E-state index in [1.807, 2.05) is 27.7 Å². The summed E-state index contributed by atoms with van der Waals surface area (Å²) < 4.78 is 21.7. The first-order chi connectivity index (χ1) is 7.36. The molecule has 0 aromatic carbocycles.